The lowest BCUT2D eigenvalue weighted by Crippen LogP contribution is -1.94. The van der Waals surface area contributed by atoms with Gasteiger partial charge in [0.15, 0.2) is 0 Å². The molecule has 0 unspecified atom stereocenters. The molecule has 5 nitrogen and oxygen atoms in total. The van der Waals surface area contributed by atoms with E-state index in [2.05, 4.69) is 20.6 Å². The maximum atomic E-state index is 13.0. The van der Waals surface area contributed by atoms with Crippen LogP contribution in [0.4, 0.5) is 4.39 Å². The van der Waals surface area contributed by atoms with Crippen LogP contribution in [0.5, 0.6) is 0 Å². The number of benzene rings is 1. The molecule has 0 amide bonds. The summed E-state index contributed by atoms with van der Waals surface area (Å²) in [6.07, 6.45) is 1.60. The molecule has 0 radical (unpaired) electrons. The van der Waals surface area contributed by atoms with Gasteiger partial charge < -0.3 is 0 Å². The summed E-state index contributed by atoms with van der Waals surface area (Å²) >= 11 is 0. The van der Waals surface area contributed by atoms with Crippen LogP contribution in [0, 0.1) is 5.82 Å². The summed E-state index contributed by atoms with van der Waals surface area (Å²) in [6, 6.07) is 4.42. The second-order valence-electron chi connectivity index (χ2n) is 2.87. The summed E-state index contributed by atoms with van der Waals surface area (Å²) in [6.45, 7) is 0. The van der Waals surface area contributed by atoms with Crippen LogP contribution in [-0.2, 0) is 0 Å². The average molecular weight is 189 g/mol. The van der Waals surface area contributed by atoms with Crippen LogP contribution in [0.2, 0.25) is 0 Å². The minimum absolute atomic E-state index is 0.311. The molecule has 0 aliphatic carbocycles. The smallest absolute Gasteiger partial charge is 0.207 e. The molecule has 68 valence electrons. The maximum Gasteiger partial charge on any atom is 0.207 e. The molecular weight excluding hydrogens is 185 g/mol. The van der Waals surface area contributed by atoms with Crippen LogP contribution in [0.15, 0.2) is 24.4 Å². The van der Waals surface area contributed by atoms with Crippen molar-refractivity contribution in [3.8, 4) is 0 Å². The third-order valence-corrected chi connectivity index (χ3v) is 2.02. The fraction of sp³-hybridized carbons (Fsp3) is 0. The van der Waals surface area contributed by atoms with Gasteiger partial charge in [0, 0.05) is 10.8 Å². The van der Waals surface area contributed by atoms with Crippen LogP contribution in [0.1, 0.15) is 0 Å². The van der Waals surface area contributed by atoms with Gasteiger partial charge in [0.25, 0.3) is 0 Å². The number of halogens is 1. The topological polar surface area (TPSA) is 56.0 Å². The molecule has 3 rings (SSSR count). The average Bonchev–Trinajstić information content (AvgIpc) is 2.65. The predicted octanol–water partition coefficient (Wildman–Crippen LogP) is 0.812. The Morgan fingerprint density at radius 1 is 1.29 bits per heavy atom. The number of aromatic nitrogens is 5. The van der Waals surface area contributed by atoms with Gasteiger partial charge in [0.2, 0.25) is 5.65 Å². The van der Waals surface area contributed by atoms with Gasteiger partial charge in [0.05, 0.1) is 6.20 Å². The Bertz CT molecular complexity index is 617. The summed E-state index contributed by atoms with van der Waals surface area (Å²) in [5, 5.41) is 16.3. The molecule has 0 atom stereocenters. The first kappa shape index (κ1) is 7.31. The first-order valence-corrected chi connectivity index (χ1v) is 3.97. The van der Waals surface area contributed by atoms with E-state index in [4.69, 9.17) is 0 Å². The molecule has 2 aromatic heterocycles. The zero-order valence-electron chi connectivity index (χ0n) is 6.92. The molecule has 0 saturated carbocycles. The van der Waals surface area contributed by atoms with Crippen molar-refractivity contribution >= 4 is 16.4 Å². The highest BCUT2D eigenvalue weighted by Crippen LogP contribution is 2.16. The van der Waals surface area contributed by atoms with Crippen molar-refractivity contribution in [1.29, 1.82) is 0 Å². The Labute approximate surface area is 77.1 Å². The Hall–Kier alpha value is -2.11. The number of hydrogen-bond donors (Lipinski definition) is 0. The highest BCUT2D eigenvalue weighted by molar-refractivity contribution is 5.92. The van der Waals surface area contributed by atoms with Crippen molar-refractivity contribution in [3.63, 3.8) is 0 Å². The molecule has 0 bridgehead atoms. The number of tetrazole rings is 1. The fourth-order valence-electron chi connectivity index (χ4n) is 1.37. The molecule has 0 saturated heterocycles. The summed E-state index contributed by atoms with van der Waals surface area (Å²) in [5.41, 5.74) is 0.460. The molecule has 0 spiro atoms. The summed E-state index contributed by atoms with van der Waals surface area (Å²) < 4.78 is 14.2. The minimum Gasteiger partial charge on any atom is -0.207 e. The lowest BCUT2D eigenvalue weighted by molar-refractivity contribution is 0.629. The van der Waals surface area contributed by atoms with Gasteiger partial charge in [-0.05, 0) is 28.6 Å². The number of fused-ring (bicyclic) bond motifs is 3. The van der Waals surface area contributed by atoms with Gasteiger partial charge >= 0.3 is 0 Å². The van der Waals surface area contributed by atoms with Crippen LogP contribution >= 0.6 is 0 Å². The second-order valence-corrected chi connectivity index (χ2v) is 2.87. The Morgan fingerprint density at radius 3 is 3.14 bits per heavy atom. The predicted molar refractivity (Wildman–Crippen MR) is 46.0 cm³/mol. The molecular formula is C8H4FN5. The Kier molecular flexibility index (Phi) is 1.27. The van der Waals surface area contributed by atoms with E-state index in [1.165, 1.54) is 16.8 Å². The third-order valence-electron chi connectivity index (χ3n) is 2.02. The zero-order valence-corrected chi connectivity index (χ0v) is 6.92. The highest BCUT2D eigenvalue weighted by atomic mass is 19.1. The lowest BCUT2D eigenvalue weighted by Gasteiger charge is -1.96. The Morgan fingerprint density at radius 2 is 2.21 bits per heavy atom. The largest absolute Gasteiger partial charge is 0.207 e. The quantitative estimate of drug-likeness (QED) is 0.525. The van der Waals surface area contributed by atoms with E-state index < -0.39 is 0 Å². The van der Waals surface area contributed by atoms with Gasteiger partial charge in [-0.2, -0.15) is 5.10 Å². The summed E-state index contributed by atoms with van der Waals surface area (Å²) in [5.74, 6) is -0.311. The van der Waals surface area contributed by atoms with Crippen molar-refractivity contribution in [3.05, 3.63) is 30.2 Å². The standard InChI is InChI=1S/C8H4FN5/c9-6-2-1-5-4-10-14-8(7(5)3-6)11-12-13-14/h1-4H. The van der Waals surface area contributed by atoms with E-state index in [1.54, 1.807) is 12.3 Å². The molecule has 0 aliphatic rings. The normalized spacial score (nSPS) is 11.2. The molecule has 3 aromatic rings. The fourth-order valence-corrected chi connectivity index (χ4v) is 1.37. The summed E-state index contributed by atoms with van der Waals surface area (Å²) in [4.78, 5) is 0. The Balaban J connectivity index is 2.60. The number of rotatable bonds is 0. The first-order valence-electron chi connectivity index (χ1n) is 3.97. The molecule has 0 aliphatic heterocycles. The monoisotopic (exact) mass is 189 g/mol. The van der Waals surface area contributed by atoms with E-state index in [0.29, 0.717) is 11.0 Å². The zero-order chi connectivity index (χ0) is 9.54. The van der Waals surface area contributed by atoms with Crippen molar-refractivity contribution in [2.75, 3.05) is 0 Å². The number of hydrogen-bond acceptors (Lipinski definition) is 4. The molecule has 2 heterocycles. The maximum absolute atomic E-state index is 13.0. The van der Waals surface area contributed by atoms with E-state index in [-0.39, 0.29) is 5.82 Å². The molecule has 0 N–H and O–H groups in total. The lowest BCUT2D eigenvalue weighted by atomic mass is 10.2. The third kappa shape index (κ3) is 0.875. The van der Waals surface area contributed by atoms with Gasteiger partial charge in [-0.15, -0.1) is 9.73 Å². The molecule has 14 heavy (non-hydrogen) atoms. The van der Waals surface area contributed by atoms with E-state index in [1.807, 2.05) is 0 Å². The molecule has 6 heteroatoms. The van der Waals surface area contributed by atoms with E-state index in [9.17, 15) is 4.39 Å². The van der Waals surface area contributed by atoms with Crippen molar-refractivity contribution in [1.82, 2.24) is 25.3 Å². The molecule has 1 aromatic carbocycles. The van der Waals surface area contributed by atoms with Gasteiger partial charge in [-0.3, -0.25) is 0 Å². The molecule has 0 fully saturated rings. The summed E-state index contributed by atoms with van der Waals surface area (Å²) in [7, 11) is 0. The van der Waals surface area contributed by atoms with Gasteiger partial charge in [-0.25, -0.2) is 4.39 Å². The minimum atomic E-state index is -0.311. The van der Waals surface area contributed by atoms with Crippen LogP contribution in [0.3, 0.4) is 0 Å². The van der Waals surface area contributed by atoms with Crippen molar-refractivity contribution in [2.45, 2.75) is 0 Å². The van der Waals surface area contributed by atoms with Gasteiger partial charge in [-0.1, -0.05) is 0 Å². The van der Waals surface area contributed by atoms with Crippen molar-refractivity contribution in [2.24, 2.45) is 0 Å². The SMILES string of the molecule is Fc1ccc2cnn3nnnc3c2c1. The van der Waals surface area contributed by atoms with Gasteiger partial charge in [0.1, 0.15) is 5.82 Å². The van der Waals surface area contributed by atoms with E-state index >= 15 is 0 Å². The van der Waals surface area contributed by atoms with Crippen LogP contribution < -0.4 is 0 Å². The highest BCUT2D eigenvalue weighted by Gasteiger charge is 2.05. The van der Waals surface area contributed by atoms with Crippen LogP contribution in [0.25, 0.3) is 16.4 Å². The first-order chi connectivity index (χ1) is 6.84. The van der Waals surface area contributed by atoms with Crippen LogP contribution in [-0.4, -0.2) is 25.3 Å². The van der Waals surface area contributed by atoms with E-state index in [0.717, 1.165) is 5.39 Å². The second kappa shape index (κ2) is 2.44. The van der Waals surface area contributed by atoms with Crippen molar-refractivity contribution < 1.29 is 4.39 Å². The number of nitrogens with zero attached hydrogens (tertiary/aromatic N) is 5.